The van der Waals surface area contributed by atoms with Crippen LogP contribution >= 0.6 is 0 Å². The van der Waals surface area contributed by atoms with E-state index in [4.69, 9.17) is 4.84 Å². The average Bonchev–Trinajstić information content (AvgIpc) is 2.59. The van der Waals surface area contributed by atoms with E-state index in [1.165, 1.54) is 109 Å². The average molecular weight is 382 g/mol. The number of nitrogens with zero attached hydrogens (tertiary/aromatic N) is 1. The van der Waals surface area contributed by atoms with E-state index in [9.17, 15) is 0 Å². The topological polar surface area (TPSA) is 12.5 Å². The van der Waals surface area contributed by atoms with Crippen LogP contribution in [-0.2, 0) is 4.84 Å². The molecule has 0 aromatic heterocycles. The fraction of sp³-hybridized carbons (Fsp3) is 1.00. The van der Waals surface area contributed by atoms with Gasteiger partial charge in [0, 0.05) is 11.1 Å². The lowest BCUT2D eigenvalue weighted by atomic mass is 9.82. The first-order valence-corrected chi connectivity index (χ1v) is 12.3. The zero-order chi connectivity index (χ0) is 20.0. The van der Waals surface area contributed by atoms with E-state index in [-0.39, 0.29) is 11.1 Å². The second kappa shape index (κ2) is 14.0. The van der Waals surface area contributed by atoms with E-state index in [0.717, 1.165) is 6.61 Å². The molecule has 0 bridgehead atoms. The molecule has 0 aliphatic carbocycles. The Morgan fingerprint density at radius 3 is 1.37 bits per heavy atom. The Bertz CT molecular complexity index is 334. The number of unbranched alkanes of at least 4 members (excludes halogenated alkanes) is 13. The lowest BCUT2D eigenvalue weighted by molar-refractivity contribution is -0.281. The van der Waals surface area contributed by atoms with Crippen molar-refractivity contribution < 1.29 is 4.84 Å². The quantitative estimate of drug-likeness (QED) is 0.249. The van der Waals surface area contributed by atoms with Gasteiger partial charge in [0.2, 0.25) is 0 Å². The highest BCUT2D eigenvalue weighted by molar-refractivity contribution is 4.92. The molecule has 0 radical (unpaired) electrons. The molecule has 0 N–H and O–H groups in total. The van der Waals surface area contributed by atoms with E-state index in [2.05, 4.69) is 39.7 Å². The van der Waals surface area contributed by atoms with Gasteiger partial charge in [-0.2, -0.15) is 5.06 Å². The molecule has 2 heteroatoms. The van der Waals surface area contributed by atoms with Crippen molar-refractivity contribution in [2.75, 3.05) is 6.61 Å². The molecule has 162 valence electrons. The molecule has 0 saturated carbocycles. The molecule has 0 aromatic rings. The number of hydroxylamine groups is 2. The molecule has 1 saturated heterocycles. The van der Waals surface area contributed by atoms with Crippen LogP contribution in [0.2, 0.25) is 0 Å². The molecule has 27 heavy (non-hydrogen) atoms. The van der Waals surface area contributed by atoms with Crippen molar-refractivity contribution in [1.82, 2.24) is 5.06 Å². The van der Waals surface area contributed by atoms with Crippen LogP contribution in [0.15, 0.2) is 0 Å². The van der Waals surface area contributed by atoms with Crippen molar-refractivity contribution in [2.24, 2.45) is 0 Å². The molecular weight excluding hydrogens is 330 g/mol. The predicted octanol–water partition coefficient (Wildman–Crippen LogP) is 8.44. The van der Waals surface area contributed by atoms with Crippen molar-refractivity contribution in [3.8, 4) is 0 Å². The van der Waals surface area contributed by atoms with Crippen molar-refractivity contribution in [1.29, 1.82) is 0 Å². The smallest absolute Gasteiger partial charge is 0.0685 e. The van der Waals surface area contributed by atoms with Crippen molar-refractivity contribution in [3.05, 3.63) is 0 Å². The van der Waals surface area contributed by atoms with Gasteiger partial charge in [-0.05, 0) is 53.4 Å². The van der Waals surface area contributed by atoms with Gasteiger partial charge in [0.25, 0.3) is 0 Å². The summed E-state index contributed by atoms with van der Waals surface area (Å²) in [6.07, 6.45) is 23.6. The third kappa shape index (κ3) is 10.9. The predicted molar refractivity (Wildman–Crippen MR) is 120 cm³/mol. The van der Waals surface area contributed by atoms with Gasteiger partial charge in [0.15, 0.2) is 0 Å². The van der Waals surface area contributed by atoms with Crippen LogP contribution < -0.4 is 0 Å². The molecule has 0 spiro atoms. The number of hydrogen-bond donors (Lipinski definition) is 0. The molecule has 1 rings (SSSR count). The first-order chi connectivity index (χ1) is 12.9. The van der Waals surface area contributed by atoms with Gasteiger partial charge < -0.3 is 0 Å². The van der Waals surface area contributed by atoms with Gasteiger partial charge in [0.05, 0.1) is 6.61 Å². The summed E-state index contributed by atoms with van der Waals surface area (Å²) in [5, 5.41) is 2.31. The third-order valence-corrected chi connectivity index (χ3v) is 6.40. The maximum Gasteiger partial charge on any atom is 0.0685 e. The van der Waals surface area contributed by atoms with E-state index < -0.39 is 0 Å². The molecule has 1 aliphatic heterocycles. The largest absolute Gasteiger partial charge is 0.298 e. The standard InChI is InChI=1S/C25H51NO/c1-6-7-8-9-10-11-12-13-14-15-16-17-18-19-23-27-26-24(2,3)21-20-22-25(26,4)5/h6-23H2,1-5H3. The highest BCUT2D eigenvalue weighted by Crippen LogP contribution is 2.38. The summed E-state index contributed by atoms with van der Waals surface area (Å²) in [6.45, 7) is 12.5. The zero-order valence-corrected chi connectivity index (χ0v) is 19.6. The fourth-order valence-electron chi connectivity index (χ4n) is 4.78. The molecular formula is C25H51NO. The van der Waals surface area contributed by atoms with E-state index in [0.29, 0.717) is 0 Å². The molecule has 1 fully saturated rings. The summed E-state index contributed by atoms with van der Waals surface area (Å²) < 4.78 is 0. The van der Waals surface area contributed by atoms with Gasteiger partial charge in [-0.15, -0.1) is 0 Å². The Morgan fingerprint density at radius 2 is 0.963 bits per heavy atom. The van der Waals surface area contributed by atoms with Crippen LogP contribution in [0.1, 0.15) is 144 Å². The van der Waals surface area contributed by atoms with E-state index >= 15 is 0 Å². The highest BCUT2D eigenvalue weighted by atomic mass is 16.7. The Kier molecular flexibility index (Phi) is 12.9. The van der Waals surface area contributed by atoms with Crippen molar-refractivity contribution in [2.45, 2.75) is 155 Å². The molecule has 0 aromatic carbocycles. The molecule has 1 heterocycles. The fourth-order valence-corrected chi connectivity index (χ4v) is 4.78. The first kappa shape index (κ1) is 25.0. The number of piperidine rings is 1. The normalized spacial score (nSPS) is 19.4. The Labute approximate surface area is 171 Å². The highest BCUT2D eigenvalue weighted by Gasteiger charge is 2.42. The molecule has 0 amide bonds. The monoisotopic (exact) mass is 381 g/mol. The third-order valence-electron chi connectivity index (χ3n) is 6.40. The lowest BCUT2D eigenvalue weighted by Gasteiger charge is -2.51. The summed E-state index contributed by atoms with van der Waals surface area (Å²) in [4.78, 5) is 6.25. The maximum absolute atomic E-state index is 6.25. The van der Waals surface area contributed by atoms with Gasteiger partial charge in [0.1, 0.15) is 0 Å². The minimum Gasteiger partial charge on any atom is -0.298 e. The zero-order valence-electron chi connectivity index (χ0n) is 19.6. The summed E-state index contributed by atoms with van der Waals surface area (Å²) >= 11 is 0. The van der Waals surface area contributed by atoms with E-state index in [1.807, 2.05) is 0 Å². The van der Waals surface area contributed by atoms with Crippen LogP contribution in [0.3, 0.4) is 0 Å². The Hall–Kier alpha value is -0.0800. The van der Waals surface area contributed by atoms with Crippen LogP contribution in [0.4, 0.5) is 0 Å². The summed E-state index contributed by atoms with van der Waals surface area (Å²) in [5.74, 6) is 0. The molecule has 2 nitrogen and oxygen atoms in total. The van der Waals surface area contributed by atoms with Crippen LogP contribution in [0.25, 0.3) is 0 Å². The second-order valence-corrected chi connectivity index (χ2v) is 10.2. The minimum atomic E-state index is 0.178. The summed E-state index contributed by atoms with van der Waals surface area (Å²) in [6, 6.07) is 0. The first-order valence-electron chi connectivity index (χ1n) is 12.3. The Morgan fingerprint density at radius 1 is 0.593 bits per heavy atom. The maximum atomic E-state index is 6.25. The van der Waals surface area contributed by atoms with Gasteiger partial charge in [-0.1, -0.05) is 90.4 Å². The second-order valence-electron chi connectivity index (χ2n) is 10.2. The van der Waals surface area contributed by atoms with Gasteiger partial charge in [-0.25, -0.2) is 0 Å². The van der Waals surface area contributed by atoms with Crippen LogP contribution in [-0.4, -0.2) is 22.7 Å². The van der Waals surface area contributed by atoms with Crippen molar-refractivity contribution in [3.63, 3.8) is 0 Å². The number of hydrogen-bond acceptors (Lipinski definition) is 2. The summed E-state index contributed by atoms with van der Waals surface area (Å²) in [5.41, 5.74) is 0.357. The molecule has 0 atom stereocenters. The van der Waals surface area contributed by atoms with Crippen molar-refractivity contribution >= 4 is 0 Å². The molecule has 1 aliphatic rings. The van der Waals surface area contributed by atoms with Crippen LogP contribution in [0, 0.1) is 0 Å². The van der Waals surface area contributed by atoms with Gasteiger partial charge >= 0.3 is 0 Å². The van der Waals surface area contributed by atoms with Gasteiger partial charge in [-0.3, -0.25) is 4.84 Å². The summed E-state index contributed by atoms with van der Waals surface area (Å²) in [7, 11) is 0. The van der Waals surface area contributed by atoms with Crippen LogP contribution in [0.5, 0.6) is 0 Å². The Balaban J connectivity index is 1.90. The van der Waals surface area contributed by atoms with E-state index in [1.54, 1.807) is 0 Å². The minimum absolute atomic E-state index is 0.178. The SMILES string of the molecule is CCCCCCCCCCCCCCCCON1C(C)(C)CCCC1(C)C. The number of rotatable bonds is 16. The lowest BCUT2D eigenvalue weighted by Crippen LogP contribution is -2.58. The molecule has 0 unspecified atom stereocenters.